The highest BCUT2D eigenvalue weighted by Crippen LogP contribution is 2.58. The van der Waals surface area contributed by atoms with Gasteiger partial charge in [0.25, 0.3) is 0 Å². The van der Waals surface area contributed by atoms with E-state index in [9.17, 15) is 9.59 Å². The number of carboxylic acid groups (broad SMARTS) is 1. The summed E-state index contributed by atoms with van der Waals surface area (Å²) in [5.41, 5.74) is 0.982. The van der Waals surface area contributed by atoms with E-state index in [1.54, 1.807) is 0 Å². The maximum absolute atomic E-state index is 12.9. The number of carbonyl (C=O) groups excluding carboxylic acids is 1. The Hall–Kier alpha value is -2.38. The summed E-state index contributed by atoms with van der Waals surface area (Å²) < 4.78 is 1.14. The number of carboxylic acids is 1. The van der Waals surface area contributed by atoms with Gasteiger partial charge in [0.1, 0.15) is 0 Å². The number of nitrogens with zero attached hydrogens (tertiary/aromatic N) is 4. The van der Waals surface area contributed by atoms with Crippen LogP contribution in [0.3, 0.4) is 0 Å². The fourth-order valence-corrected chi connectivity index (χ4v) is 5.37. The molecule has 2 aromatic rings. The first-order valence-corrected chi connectivity index (χ1v) is 10.5. The van der Waals surface area contributed by atoms with E-state index in [0.717, 1.165) is 34.7 Å². The zero-order chi connectivity index (χ0) is 21.7. The van der Waals surface area contributed by atoms with Crippen molar-refractivity contribution < 1.29 is 14.7 Å². The Balaban J connectivity index is 1.45. The number of hydrogen-bond acceptors (Lipinski definition) is 4. The molecular weight excluding hydrogens is 404 g/mol. The second kappa shape index (κ2) is 7.39. The van der Waals surface area contributed by atoms with E-state index < -0.39 is 5.97 Å². The number of rotatable bonds is 4. The zero-order valence-corrected chi connectivity index (χ0v) is 18.3. The van der Waals surface area contributed by atoms with Crippen LogP contribution in [0.15, 0.2) is 36.5 Å². The van der Waals surface area contributed by atoms with Crippen LogP contribution < -0.4 is 0 Å². The van der Waals surface area contributed by atoms with Crippen LogP contribution in [0.2, 0.25) is 5.02 Å². The normalized spacial score (nSPS) is 28.2. The van der Waals surface area contributed by atoms with Gasteiger partial charge in [-0.05, 0) is 48.4 Å². The van der Waals surface area contributed by atoms with Gasteiger partial charge in [0.05, 0.1) is 0 Å². The van der Waals surface area contributed by atoms with Gasteiger partial charge in [0.15, 0.2) is 5.69 Å². The first kappa shape index (κ1) is 20.9. The number of fused-ring (bicyclic) bond motifs is 1. The molecule has 30 heavy (non-hydrogen) atoms. The van der Waals surface area contributed by atoms with Crippen LogP contribution in [0.25, 0.3) is 0 Å². The molecule has 0 spiro atoms. The van der Waals surface area contributed by atoms with Crippen LogP contribution >= 0.6 is 11.6 Å². The highest BCUT2D eigenvalue weighted by molar-refractivity contribution is 6.31. The van der Waals surface area contributed by atoms with Crippen molar-refractivity contribution in [2.45, 2.75) is 39.3 Å². The summed E-state index contributed by atoms with van der Waals surface area (Å²) in [7, 11) is 2.14. The topological polar surface area (TPSA) is 78.7 Å². The van der Waals surface area contributed by atoms with Gasteiger partial charge in [-0.25, -0.2) is 9.59 Å². The second-order valence-corrected chi connectivity index (χ2v) is 9.69. The van der Waals surface area contributed by atoms with Gasteiger partial charge in [0, 0.05) is 36.9 Å². The van der Waals surface area contributed by atoms with Crippen LogP contribution in [0.1, 0.15) is 42.7 Å². The largest absolute Gasteiger partial charge is 0.476 e. The smallest absolute Gasteiger partial charge is 0.356 e. The Kier molecular flexibility index (Phi) is 5.14. The number of likely N-dealkylation sites (tertiary alicyclic amines) is 1. The van der Waals surface area contributed by atoms with E-state index in [1.807, 2.05) is 23.1 Å². The summed E-state index contributed by atoms with van der Waals surface area (Å²) in [5.74, 6) is -1.14. The number of hydrogen-bond donors (Lipinski definition) is 1. The van der Waals surface area contributed by atoms with E-state index in [1.165, 1.54) is 12.3 Å². The molecule has 1 amide bonds. The fraction of sp³-hybridized carbons (Fsp3) is 0.500. The van der Waals surface area contributed by atoms with E-state index in [0.29, 0.717) is 19.1 Å². The van der Waals surface area contributed by atoms with Gasteiger partial charge in [0.2, 0.25) is 0 Å². The number of amides is 1. The second-order valence-electron chi connectivity index (χ2n) is 9.28. The van der Waals surface area contributed by atoms with Crippen LogP contribution in [0.5, 0.6) is 0 Å². The van der Waals surface area contributed by atoms with Crippen molar-refractivity contribution in [2.24, 2.45) is 10.8 Å². The summed E-state index contributed by atoms with van der Waals surface area (Å²) in [6, 6.07) is 9.44. The van der Waals surface area contributed by atoms with Crippen LogP contribution in [-0.4, -0.2) is 62.9 Å². The standard InChI is InChI=1S/C22H27ClN4O3/c1-21-10-16(25(3)12-15-6-4-5-7-17(15)23)11-22(21,2)14-26(13-21)20(30)27-9-8-18(24-27)19(28)29/h4-9,16H,10-14H2,1-3H3,(H,28,29)/t16?,21-,22+. The first-order valence-electron chi connectivity index (χ1n) is 10.1. The SMILES string of the molecule is CN(Cc1ccccc1Cl)C1C[C@@]2(C)CN(C(=O)n3ccc(C(=O)O)n3)C[C@@]2(C)C1. The minimum absolute atomic E-state index is 0.00908. The van der Waals surface area contributed by atoms with Crippen LogP contribution in [0, 0.1) is 10.8 Å². The lowest BCUT2D eigenvalue weighted by Gasteiger charge is -2.31. The van der Waals surface area contributed by atoms with E-state index in [-0.39, 0.29) is 22.6 Å². The Morgan fingerprint density at radius 1 is 1.20 bits per heavy atom. The van der Waals surface area contributed by atoms with E-state index in [2.05, 4.69) is 37.0 Å². The molecule has 160 valence electrons. The average Bonchev–Trinajstić information content (AvgIpc) is 3.32. The van der Waals surface area contributed by atoms with Gasteiger partial charge in [-0.1, -0.05) is 43.6 Å². The molecule has 2 fully saturated rings. The molecule has 1 saturated heterocycles. The zero-order valence-electron chi connectivity index (χ0n) is 17.5. The third-order valence-corrected chi connectivity index (χ3v) is 7.55. The van der Waals surface area contributed by atoms with E-state index >= 15 is 0 Å². The molecule has 2 aliphatic rings. The van der Waals surface area contributed by atoms with Crippen LogP contribution in [0.4, 0.5) is 4.79 Å². The number of carbonyl (C=O) groups is 2. The number of halogens is 1. The predicted molar refractivity (Wildman–Crippen MR) is 114 cm³/mol. The summed E-state index contributed by atoms with van der Waals surface area (Å²) in [6.07, 6.45) is 3.41. The van der Waals surface area contributed by atoms with E-state index in [4.69, 9.17) is 16.7 Å². The molecule has 1 saturated carbocycles. The van der Waals surface area contributed by atoms with Gasteiger partial charge >= 0.3 is 12.0 Å². The molecule has 1 aromatic carbocycles. The van der Waals surface area contributed by atoms with Crippen LogP contribution in [-0.2, 0) is 6.54 Å². The number of benzene rings is 1. The highest BCUT2D eigenvalue weighted by atomic mass is 35.5. The van der Waals surface area contributed by atoms with Gasteiger partial charge in [-0.15, -0.1) is 0 Å². The summed E-state index contributed by atoms with van der Waals surface area (Å²) in [4.78, 5) is 28.1. The minimum atomic E-state index is -1.14. The van der Waals surface area contributed by atoms with Crippen molar-refractivity contribution in [3.8, 4) is 0 Å². The quantitative estimate of drug-likeness (QED) is 0.797. The molecule has 1 aromatic heterocycles. The molecule has 2 heterocycles. The molecule has 1 aliphatic heterocycles. The van der Waals surface area contributed by atoms with Gasteiger partial charge in [-0.3, -0.25) is 4.90 Å². The molecule has 1 aliphatic carbocycles. The molecule has 4 rings (SSSR count). The number of aromatic carboxylic acids is 1. The molecule has 1 unspecified atom stereocenters. The fourth-order valence-electron chi connectivity index (χ4n) is 5.18. The predicted octanol–water partition coefficient (Wildman–Crippen LogP) is 3.83. The molecule has 7 nitrogen and oxygen atoms in total. The van der Waals surface area contributed by atoms with Crippen molar-refractivity contribution in [3.05, 3.63) is 52.8 Å². The molecule has 3 atom stereocenters. The summed E-state index contributed by atoms with van der Waals surface area (Å²) >= 11 is 6.34. The third-order valence-electron chi connectivity index (χ3n) is 7.18. The lowest BCUT2D eigenvalue weighted by Crippen LogP contribution is -2.38. The van der Waals surface area contributed by atoms with Crippen molar-refractivity contribution in [3.63, 3.8) is 0 Å². The Labute approximate surface area is 181 Å². The van der Waals surface area contributed by atoms with Crippen molar-refractivity contribution in [2.75, 3.05) is 20.1 Å². The van der Waals surface area contributed by atoms with Gasteiger partial charge in [-0.2, -0.15) is 9.78 Å². The number of aromatic nitrogens is 2. The van der Waals surface area contributed by atoms with Crippen molar-refractivity contribution in [1.29, 1.82) is 0 Å². The molecule has 1 N–H and O–H groups in total. The highest BCUT2D eigenvalue weighted by Gasteiger charge is 2.59. The molecule has 8 heteroatoms. The minimum Gasteiger partial charge on any atom is -0.476 e. The monoisotopic (exact) mass is 430 g/mol. The first-order chi connectivity index (χ1) is 14.1. The maximum Gasteiger partial charge on any atom is 0.356 e. The Morgan fingerprint density at radius 3 is 2.40 bits per heavy atom. The molecular formula is C22H27ClN4O3. The lowest BCUT2D eigenvalue weighted by molar-refractivity contribution is 0.0690. The Bertz CT molecular complexity index is 972. The summed E-state index contributed by atoms with van der Waals surface area (Å²) in [6.45, 7) is 6.59. The molecule has 0 radical (unpaired) electrons. The molecule has 0 bridgehead atoms. The van der Waals surface area contributed by atoms with Gasteiger partial charge < -0.3 is 10.0 Å². The summed E-state index contributed by atoms with van der Waals surface area (Å²) in [5, 5.41) is 13.7. The lowest BCUT2D eigenvalue weighted by atomic mass is 9.71. The third kappa shape index (κ3) is 3.50. The maximum atomic E-state index is 12.9. The van der Waals surface area contributed by atoms with Crippen molar-refractivity contribution >= 4 is 23.6 Å². The average molecular weight is 431 g/mol. The Morgan fingerprint density at radius 2 is 1.83 bits per heavy atom. The van der Waals surface area contributed by atoms with Crippen molar-refractivity contribution in [1.82, 2.24) is 19.6 Å².